The van der Waals surface area contributed by atoms with Crippen LogP contribution in [0.4, 0.5) is 20.4 Å². The van der Waals surface area contributed by atoms with Crippen LogP contribution < -0.4 is 10.6 Å². The second kappa shape index (κ2) is 10.2. The average Bonchev–Trinajstić information content (AvgIpc) is 2.44. The highest BCUT2D eigenvalue weighted by Gasteiger charge is 2.05. The number of halogens is 2. The summed E-state index contributed by atoms with van der Waals surface area (Å²) in [5, 5.41) is 6.12. The van der Waals surface area contributed by atoms with Gasteiger partial charge in [0.1, 0.15) is 24.8 Å². The number of nitrogens with zero attached hydrogens (tertiary/aromatic N) is 2. The molecule has 0 aliphatic carbocycles. The van der Waals surface area contributed by atoms with Crippen LogP contribution in [0.2, 0.25) is 0 Å². The Labute approximate surface area is 123 Å². The monoisotopic (exact) mass is 304 g/mol. The molecule has 0 atom stereocenters. The first-order chi connectivity index (χ1) is 10.2. The van der Waals surface area contributed by atoms with E-state index < -0.39 is 13.0 Å². The van der Waals surface area contributed by atoms with Crippen molar-refractivity contribution >= 4 is 11.6 Å². The highest BCUT2D eigenvalue weighted by molar-refractivity contribution is 5.47. The van der Waals surface area contributed by atoms with Crippen LogP contribution in [-0.4, -0.2) is 49.3 Å². The molecule has 0 spiro atoms. The van der Waals surface area contributed by atoms with Gasteiger partial charge in [-0.15, -0.1) is 0 Å². The predicted molar refractivity (Wildman–Crippen MR) is 76.8 cm³/mol. The summed E-state index contributed by atoms with van der Waals surface area (Å²) in [4.78, 5) is 8.61. The number of aromatic nitrogens is 2. The number of anilines is 2. The predicted octanol–water partition coefficient (Wildman–Crippen LogP) is 2.14. The molecule has 0 radical (unpaired) electrons. The van der Waals surface area contributed by atoms with Gasteiger partial charge in [0.25, 0.3) is 6.43 Å². The SMILES string of the molecule is CCNc1cc(NCCOCC(F)F)nc(COCC)n1. The maximum atomic E-state index is 11.9. The molecule has 120 valence electrons. The first kappa shape index (κ1) is 17.5. The van der Waals surface area contributed by atoms with E-state index in [2.05, 4.69) is 20.6 Å². The van der Waals surface area contributed by atoms with Gasteiger partial charge >= 0.3 is 0 Å². The second-order valence-electron chi connectivity index (χ2n) is 4.11. The Kier molecular flexibility index (Phi) is 8.53. The van der Waals surface area contributed by atoms with Gasteiger partial charge in [0.2, 0.25) is 0 Å². The van der Waals surface area contributed by atoms with E-state index in [9.17, 15) is 8.78 Å². The zero-order valence-corrected chi connectivity index (χ0v) is 12.4. The Hall–Kier alpha value is -1.54. The topological polar surface area (TPSA) is 68.3 Å². The highest BCUT2D eigenvalue weighted by Crippen LogP contribution is 2.11. The van der Waals surface area contributed by atoms with Crippen LogP contribution in [0.25, 0.3) is 0 Å². The molecule has 1 rings (SSSR count). The van der Waals surface area contributed by atoms with E-state index in [1.807, 2.05) is 13.8 Å². The Morgan fingerprint density at radius 3 is 2.48 bits per heavy atom. The molecule has 0 amide bonds. The lowest BCUT2D eigenvalue weighted by Gasteiger charge is -2.11. The Morgan fingerprint density at radius 2 is 1.86 bits per heavy atom. The number of nitrogens with one attached hydrogen (secondary N) is 2. The molecule has 0 fully saturated rings. The fourth-order valence-electron chi connectivity index (χ4n) is 1.54. The summed E-state index contributed by atoms with van der Waals surface area (Å²) >= 11 is 0. The molecule has 0 saturated heterocycles. The molecule has 1 aromatic rings. The Balaban J connectivity index is 2.52. The van der Waals surface area contributed by atoms with Gasteiger partial charge in [-0.3, -0.25) is 0 Å². The van der Waals surface area contributed by atoms with Crippen molar-refractivity contribution in [3.63, 3.8) is 0 Å². The Bertz CT molecular complexity index is 408. The minimum Gasteiger partial charge on any atom is -0.374 e. The summed E-state index contributed by atoms with van der Waals surface area (Å²) in [6, 6.07) is 1.76. The van der Waals surface area contributed by atoms with Gasteiger partial charge in [0.15, 0.2) is 5.82 Å². The lowest BCUT2D eigenvalue weighted by molar-refractivity contribution is 0.0214. The van der Waals surface area contributed by atoms with Crippen molar-refractivity contribution in [2.24, 2.45) is 0 Å². The van der Waals surface area contributed by atoms with Crippen LogP contribution in [0.3, 0.4) is 0 Å². The lowest BCUT2D eigenvalue weighted by atomic mass is 10.4. The zero-order chi connectivity index (χ0) is 15.5. The summed E-state index contributed by atoms with van der Waals surface area (Å²) in [5.74, 6) is 1.86. The summed E-state index contributed by atoms with van der Waals surface area (Å²) in [5.41, 5.74) is 0. The van der Waals surface area contributed by atoms with Crippen LogP contribution in [0.15, 0.2) is 6.07 Å². The van der Waals surface area contributed by atoms with Crippen molar-refractivity contribution in [2.45, 2.75) is 26.9 Å². The molecule has 21 heavy (non-hydrogen) atoms. The number of rotatable bonds is 11. The quantitative estimate of drug-likeness (QED) is 0.611. The lowest BCUT2D eigenvalue weighted by Crippen LogP contribution is -2.15. The smallest absolute Gasteiger partial charge is 0.261 e. The fourth-order valence-corrected chi connectivity index (χ4v) is 1.54. The minimum absolute atomic E-state index is 0.186. The van der Waals surface area contributed by atoms with Crippen molar-refractivity contribution in [3.05, 3.63) is 11.9 Å². The van der Waals surface area contributed by atoms with E-state index in [1.165, 1.54) is 0 Å². The molecule has 0 unspecified atom stereocenters. The van der Waals surface area contributed by atoms with E-state index in [-0.39, 0.29) is 6.61 Å². The van der Waals surface area contributed by atoms with E-state index >= 15 is 0 Å². The van der Waals surface area contributed by atoms with Crippen LogP contribution >= 0.6 is 0 Å². The molecule has 1 heterocycles. The molecule has 0 aromatic carbocycles. The van der Waals surface area contributed by atoms with E-state index in [0.717, 1.165) is 6.54 Å². The zero-order valence-electron chi connectivity index (χ0n) is 12.4. The van der Waals surface area contributed by atoms with E-state index in [1.54, 1.807) is 6.07 Å². The molecule has 0 aliphatic heterocycles. The van der Waals surface area contributed by atoms with Crippen LogP contribution in [0.5, 0.6) is 0 Å². The van der Waals surface area contributed by atoms with Gasteiger partial charge in [0, 0.05) is 25.8 Å². The second-order valence-corrected chi connectivity index (χ2v) is 4.11. The molecule has 2 N–H and O–H groups in total. The average molecular weight is 304 g/mol. The molecule has 0 saturated carbocycles. The number of ether oxygens (including phenoxy) is 2. The molecule has 6 nitrogen and oxygen atoms in total. The van der Waals surface area contributed by atoms with Gasteiger partial charge < -0.3 is 20.1 Å². The Morgan fingerprint density at radius 1 is 1.14 bits per heavy atom. The molecule has 1 aromatic heterocycles. The molecule has 0 aliphatic rings. The summed E-state index contributed by atoms with van der Waals surface area (Å²) in [7, 11) is 0. The van der Waals surface area contributed by atoms with Gasteiger partial charge in [-0.05, 0) is 13.8 Å². The molecular weight excluding hydrogens is 282 g/mol. The van der Waals surface area contributed by atoms with Gasteiger partial charge in [-0.25, -0.2) is 18.7 Å². The van der Waals surface area contributed by atoms with Gasteiger partial charge in [-0.1, -0.05) is 0 Å². The van der Waals surface area contributed by atoms with Crippen LogP contribution in [0, 0.1) is 0 Å². The van der Waals surface area contributed by atoms with Gasteiger partial charge in [0.05, 0.1) is 6.61 Å². The number of hydrogen-bond donors (Lipinski definition) is 2. The van der Waals surface area contributed by atoms with Crippen LogP contribution in [0.1, 0.15) is 19.7 Å². The molecule has 0 bridgehead atoms. The normalized spacial score (nSPS) is 10.9. The summed E-state index contributed by atoms with van der Waals surface area (Å²) in [6.07, 6.45) is -2.44. The first-order valence-corrected chi connectivity index (χ1v) is 6.95. The third-order valence-corrected chi connectivity index (χ3v) is 2.36. The van der Waals surface area contributed by atoms with Crippen molar-refractivity contribution < 1.29 is 18.3 Å². The molecule has 8 heteroatoms. The number of hydrogen-bond acceptors (Lipinski definition) is 6. The third kappa shape index (κ3) is 7.72. The van der Waals surface area contributed by atoms with Crippen molar-refractivity contribution in [3.8, 4) is 0 Å². The van der Waals surface area contributed by atoms with Gasteiger partial charge in [-0.2, -0.15) is 0 Å². The number of alkyl halides is 2. The largest absolute Gasteiger partial charge is 0.374 e. The first-order valence-electron chi connectivity index (χ1n) is 6.95. The van der Waals surface area contributed by atoms with Crippen molar-refractivity contribution in [1.29, 1.82) is 0 Å². The maximum Gasteiger partial charge on any atom is 0.261 e. The van der Waals surface area contributed by atoms with Crippen LogP contribution in [-0.2, 0) is 16.1 Å². The van der Waals surface area contributed by atoms with E-state index in [4.69, 9.17) is 9.47 Å². The minimum atomic E-state index is -2.44. The summed E-state index contributed by atoms with van der Waals surface area (Å²) in [6.45, 7) is 5.54. The van der Waals surface area contributed by atoms with Crippen molar-refractivity contribution in [2.75, 3.05) is 43.5 Å². The van der Waals surface area contributed by atoms with Crippen molar-refractivity contribution in [1.82, 2.24) is 9.97 Å². The highest BCUT2D eigenvalue weighted by atomic mass is 19.3. The standard InChI is InChI=1S/C13H22F2N4O2/c1-3-16-11-7-12(17-5-6-21-8-10(14)15)19-13(18-11)9-20-4-2/h7,10H,3-6,8-9H2,1-2H3,(H2,16,17,18,19). The summed E-state index contributed by atoms with van der Waals surface area (Å²) < 4.78 is 33.9. The van der Waals surface area contributed by atoms with E-state index in [0.29, 0.717) is 37.2 Å². The third-order valence-electron chi connectivity index (χ3n) is 2.36. The maximum absolute atomic E-state index is 11.9. The fraction of sp³-hybridized carbons (Fsp3) is 0.692. The molecular formula is C13H22F2N4O2.